The van der Waals surface area contributed by atoms with Gasteiger partial charge in [-0.05, 0) is 30.7 Å². The second kappa shape index (κ2) is 8.37. The third-order valence-corrected chi connectivity index (χ3v) is 4.24. The van der Waals surface area contributed by atoms with E-state index >= 15 is 0 Å². The second-order valence-corrected chi connectivity index (χ2v) is 6.05. The van der Waals surface area contributed by atoms with Crippen molar-refractivity contribution in [3.8, 4) is 11.6 Å². The average Bonchev–Trinajstić information content (AvgIpc) is 3.20. The Bertz CT molecular complexity index is 1030. The topological polar surface area (TPSA) is 155 Å². The van der Waals surface area contributed by atoms with Gasteiger partial charge in [0, 0.05) is 30.0 Å². The van der Waals surface area contributed by atoms with Crippen molar-refractivity contribution in [1.82, 2.24) is 15.2 Å². The van der Waals surface area contributed by atoms with Gasteiger partial charge >= 0.3 is 6.03 Å². The van der Waals surface area contributed by atoms with E-state index in [0.717, 1.165) is 10.6 Å². The lowest BCUT2D eigenvalue weighted by Crippen LogP contribution is -2.48. The number of urea groups is 1. The maximum Gasteiger partial charge on any atom is 0.350 e. The molecule has 0 atom stereocenters. The highest BCUT2D eigenvalue weighted by atomic mass is 16.6. The van der Waals surface area contributed by atoms with Gasteiger partial charge in [-0.3, -0.25) is 15.5 Å². The number of nitrogens with zero attached hydrogens (tertiary/aromatic N) is 4. The number of carbonyl (C=O) groups is 1. The van der Waals surface area contributed by atoms with Crippen molar-refractivity contribution in [2.45, 2.75) is 13.5 Å². The lowest BCUT2D eigenvalue weighted by atomic mass is 10.1. The van der Waals surface area contributed by atoms with Crippen LogP contribution in [0.15, 0.2) is 54.7 Å². The molecule has 11 nitrogen and oxygen atoms in total. The van der Waals surface area contributed by atoms with E-state index in [1.807, 2.05) is 18.4 Å². The van der Waals surface area contributed by atoms with Gasteiger partial charge in [0.05, 0.1) is 16.3 Å². The zero-order chi connectivity index (χ0) is 21.0. The molecule has 150 valence electrons. The standard InChI is InChI=1S/C18H19N7O4/c1-12-3-2-4-16(24(20)18(26)21-19)15(12)11-29-17-9-10-23(22-17)13-5-7-14(8-6-13)25(27)28/h2-10H,11,19-20H2,1H3,(H,21,26). The molecule has 0 saturated heterocycles. The quantitative estimate of drug-likeness (QED) is 0.248. The van der Waals surface area contributed by atoms with Crippen molar-refractivity contribution >= 4 is 17.4 Å². The Hall–Kier alpha value is -3.96. The monoisotopic (exact) mass is 397 g/mol. The first-order valence-corrected chi connectivity index (χ1v) is 8.48. The highest BCUT2D eigenvalue weighted by Gasteiger charge is 2.16. The number of carbonyl (C=O) groups excluding carboxylic acids is 1. The first-order chi connectivity index (χ1) is 13.9. The summed E-state index contributed by atoms with van der Waals surface area (Å²) in [4.78, 5) is 22.0. The Balaban J connectivity index is 1.76. The molecule has 0 radical (unpaired) electrons. The van der Waals surface area contributed by atoms with E-state index in [9.17, 15) is 14.9 Å². The number of nitro benzene ring substituents is 1. The molecule has 0 aliphatic carbocycles. The number of nitrogens with one attached hydrogen (secondary N) is 1. The number of hydrogen-bond acceptors (Lipinski definition) is 7. The summed E-state index contributed by atoms with van der Waals surface area (Å²) in [5, 5.41) is 16.0. The molecule has 1 heterocycles. The summed E-state index contributed by atoms with van der Waals surface area (Å²) < 4.78 is 7.29. The summed E-state index contributed by atoms with van der Waals surface area (Å²) in [7, 11) is 0. The molecule has 2 aromatic carbocycles. The lowest BCUT2D eigenvalue weighted by Gasteiger charge is -2.20. The minimum atomic E-state index is -0.667. The molecule has 0 fully saturated rings. The van der Waals surface area contributed by atoms with E-state index in [4.69, 9.17) is 16.4 Å². The largest absolute Gasteiger partial charge is 0.472 e. The van der Waals surface area contributed by atoms with E-state index in [-0.39, 0.29) is 12.3 Å². The number of ether oxygens (including phenoxy) is 1. The van der Waals surface area contributed by atoms with E-state index in [2.05, 4.69) is 5.10 Å². The summed E-state index contributed by atoms with van der Waals surface area (Å²) in [5.41, 5.74) is 4.64. The van der Waals surface area contributed by atoms with Crippen molar-refractivity contribution in [3.63, 3.8) is 0 Å². The van der Waals surface area contributed by atoms with Crippen molar-refractivity contribution in [3.05, 3.63) is 76.0 Å². The molecule has 0 bridgehead atoms. The highest BCUT2D eigenvalue weighted by molar-refractivity contribution is 5.91. The molecule has 0 aliphatic rings. The number of rotatable bonds is 6. The van der Waals surface area contributed by atoms with Crippen LogP contribution >= 0.6 is 0 Å². The number of hydrazine groups is 2. The van der Waals surface area contributed by atoms with Crippen LogP contribution in [0.3, 0.4) is 0 Å². The summed E-state index contributed by atoms with van der Waals surface area (Å²) in [6.45, 7) is 1.98. The number of anilines is 1. The summed E-state index contributed by atoms with van der Waals surface area (Å²) in [5.74, 6) is 11.3. The van der Waals surface area contributed by atoms with E-state index < -0.39 is 11.0 Å². The highest BCUT2D eigenvalue weighted by Crippen LogP contribution is 2.24. The Labute approximate surface area is 165 Å². The van der Waals surface area contributed by atoms with Crippen LogP contribution in [0.2, 0.25) is 0 Å². The molecule has 0 saturated carbocycles. The Morgan fingerprint density at radius 1 is 1.28 bits per heavy atom. The predicted molar refractivity (Wildman–Crippen MR) is 105 cm³/mol. The van der Waals surface area contributed by atoms with Crippen LogP contribution in [-0.2, 0) is 6.61 Å². The number of hydrogen-bond donors (Lipinski definition) is 3. The second-order valence-electron chi connectivity index (χ2n) is 6.05. The number of nitrogens with two attached hydrogens (primary N) is 2. The predicted octanol–water partition coefficient (Wildman–Crippen LogP) is 1.93. The van der Waals surface area contributed by atoms with Crippen LogP contribution in [0.1, 0.15) is 11.1 Å². The fourth-order valence-electron chi connectivity index (χ4n) is 2.68. The molecular formula is C18H19N7O4. The fourth-order valence-corrected chi connectivity index (χ4v) is 2.68. The third kappa shape index (κ3) is 4.31. The first-order valence-electron chi connectivity index (χ1n) is 8.48. The molecule has 11 heteroatoms. The fraction of sp³-hybridized carbons (Fsp3) is 0.111. The molecule has 3 aromatic rings. The summed E-state index contributed by atoms with van der Waals surface area (Å²) in [6.07, 6.45) is 1.67. The van der Waals surface area contributed by atoms with Gasteiger partial charge in [-0.25, -0.2) is 26.2 Å². The first kappa shape index (κ1) is 19.8. The lowest BCUT2D eigenvalue weighted by molar-refractivity contribution is -0.384. The molecule has 5 N–H and O–H groups in total. The van der Waals surface area contributed by atoms with Gasteiger partial charge in [0.1, 0.15) is 6.61 Å². The van der Waals surface area contributed by atoms with Crippen LogP contribution in [0.5, 0.6) is 5.88 Å². The van der Waals surface area contributed by atoms with Gasteiger partial charge in [0.2, 0.25) is 5.88 Å². The molecule has 1 aromatic heterocycles. The summed E-state index contributed by atoms with van der Waals surface area (Å²) in [6, 6.07) is 12.3. The number of nitro groups is 1. The zero-order valence-corrected chi connectivity index (χ0v) is 15.5. The molecule has 3 rings (SSSR count). The van der Waals surface area contributed by atoms with E-state index in [0.29, 0.717) is 22.8 Å². The molecule has 0 aliphatic heterocycles. The van der Waals surface area contributed by atoms with Gasteiger partial charge in [0.15, 0.2) is 0 Å². The van der Waals surface area contributed by atoms with Gasteiger partial charge in [0.25, 0.3) is 5.69 Å². The minimum Gasteiger partial charge on any atom is -0.472 e. The van der Waals surface area contributed by atoms with Gasteiger partial charge in [-0.1, -0.05) is 12.1 Å². The zero-order valence-electron chi connectivity index (χ0n) is 15.5. The number of benzene rings is 2. The molecule has 0 unspecified atom stereocenters. The smallest absolute Gasteiger partial charge is 0.350 e. The Morgan fingerprint density at radius 3 is 2.66 bits per heavy atom. The number of non-ortho nitro benzene ring substituents is 1. The minimum absolute atomic E-state index is 0.00248. The van der Waals surface area contributed by atoms with Crippen LogP contribution in [0, 0.1) is 17.0 Å². The average molecular weight is 397 g/mol. The number of aromatic nitrogens is 2. The van der Waals surface area contributed by atoms with Crippen LogP contribution in [-0.4, -0.2) is 20.7 Å². The van der Waals surface area contributed by atoms with Crippen molar-refractivity contribution in [1.29, 1.82) is 0 Å². The number of aryl methyl sites for hydroxylation is 1. The summed E-state index contributed by atoms with van der Waals surface area (Å²) >= 11 is 0. The molecule has 29 heavy (non-hydrogen) atoms. The van der Waals surface area contributed by atoms with Crippen molar-refractivity contribution in [2.24, 2.45) is 11.7 Å². The third-order valence-electron chi connectivity index (χ3n) is 4.24. The van der Waals surface area contributed by atoms with Crippen molar-refractivity contribution in [2.75, 3.05) is 5.01 Å². The molecular weight excluding hydrogens is 378 g/mol. The maximum atomic E-state index is 11.7. The van der Waals surface area contributed by atoms with Gasteiger partial charge in [-0.2, -0.15) is 0 Å². The van der Waals surface area contributed by atoms with E-state index in [1.165, 1.54) is 16.8 Å². The van der Waals surface area contributed by atoms with Crippen LogP contribution in [0.4, 0.5) is 16.2 Å². The van der Waals surface area contributed by atoms with Crippen molar-refractivity contribution < 1.29 is 14.5 Å². The van der Waals surface area contributed by atoms with Gasteiger partial charge < -0.3 is 4.74 Å². The van der Waals surface area contributed by atoms with Crippen LogP contribution in [0.25, 0.3) is 5.69 Å². The number of amides is 2. The van der Waals surface area contributed by atoms with Crippen LogP contribution < -0.4 is 26.9 Å². The van der Waals surface area contributed by atoms with Gasteiger partial charge in [-0.15, -0.1) is 5.10 Å². The van der Waals surface area contributed by atoms with E-state index in [1.54, 1.807) is 36.5 Å². The molecule has 0 spiro atoms. The SMILES string of the molecule is Cc1cccc(N(N)C(=O)NN)c1COc1ccn(-c2ccc([N+](=O)[O-])cc2)n1. The normalized spacial score (nSPS) is 10.4. The Kier molecular flexibility index (Phi) is 5.71. The maximum absolute atomic E-state index is 11.7. The molecule has 2 amide bonds. The Morgan fingerprint density at radius 2 is 2.00 bits per heavy atom.